The van der Waals surface area contributed by atoms with E-state index >= 15 is 0 Å². The smallest absolute Gasteiger partial charge is 0.326 e. The van der Waals surface area contributed by atoms with Gasteiger partial charge in [-0.3, -0.25) is 29.0 Å². The number of aliphatic imine (C=N–C) groups is 1. The summed E-state index contributed by atoms with van der Waals surface area (Å²) in [6.07, 6.45) is 0.813. The molecule has 0 spiro atoms. The Morgan fingerprint density at radius 1 is 0.795 bits per heavy atom. The summed E-state index contributed by atoms with van der Waals surface area (Å²) < 4.78 is 0. The number of benzene rings is 1. The molecular formula is C27H43N9O8. The third-order valence-corrected chi connectivity index (χ3v) is 6.24. The molecule has 0 saturated heterocycles. The molecule has 14 N–H and O–H groups in total. The zero-order chi connectivity index (χ0) is 33.1. The Balaban J connectivity index is 2.94. The van der Waals surface area contributed by atoms with Gasteiger partial charge in [-0.15, -0.1) is 0 Å². The number of nitrogens with zero attached hydrogens (tertiary/aromatic N) is 1. The number of carboxylic acid groups (broad SMARTS) is 2. The van der Waals surface area contributed by atoms with Gasteiger partial charge in [0, 0.05) is 13.0 Å². The Kier molecular flexibility index (Phi) is 17.1. The third kappa shape index (κ3) is 15.5. The van der Waals surface area contributed by atoms with E-state index in [9.17, 15) is 39.0 Å². The Bertz CT molecular complexity index is 1150. The van der Waals surface area contributed by atoms with Gasteiger partial charge in [-0.05, 0) is 44.2 Å². The van der Waals surface area contributed by atoms with Crippen LogP contribution in [0.5, 0.6) is 0 Å². The lowest BCUT2D eigenvalue weighted by molar-refractivity contribution is -0.143. The van der Waals surface area contributed by atoms with E-state index in [-0.39, 0.29) is 31.8 Å². The van der Waals surface area contributed by atoms with Gasteiger partial charge in [0.1, 0.15) is 18.1 Å². The first kappa shape index (κ1) is 37.3. The summed E-state index contributed by atoms with van der Waals surface area (Å²) in [5.74, 6) is -6.17. The molecule has 244 valence electrons. The van der Waals surface area contributed by atoms with Crippen molar-refractivity contribution in [2.24, 2.45) is 27.9 Å². The van der Waals surface area contributed by atoms with Crippen LogP contribution >= 0.6 is 0 Å². The minimum absolute atomic E-state index is 0.0571. The molecule has 1 aromatic rings. The minimum Gasteiger partial charge on any atom is -0.481 e. The summed E-state index contributed by atoms with van der Waals surface area (Å²) >= 11 is 0. The van der Waals surface area contributed by atoms with Crippen LogP contribution in [-0.2, 0) is 35.2 Å². The first-order valence-electron chi connectivity index (χ1n) is 14.0. The van der Waals surface area contributed by atoms with Crippen molar-refractivity contribution in [3.63, 3.8) is 0 Å². The number of carbonyl (C=O) groups is 6. The standard InChI is InChI=1S/C27H43N9O8/c28-11-5-4-10-18(26(43)44)35-24(41)19(13-16-7-2-1-3-8-16)36-25(42)20(14-22(38)39)34-21(37)15-33-23(40)17(29)9-6-12-32-27(30)31/h1-3,7-8,17-20H,4-6,9-15,28-29H2,(H,33,40)(H,34,37)(H,35,41)(H,36,42)(H,38,39)(H,43,44)(H4,30,31,32)/t17-,18-,19+,20-/m0/s1. The van der Waals surface area contributed by atoms with Gasteiger partial charge < -0.3 is 54.4 Å². The largest absolute Gasteiger partial charge is 0.481 e. The number of carbonyl (C=O) groups excluding carboxylic acids is 4. The number of rotatable bonds is 21. The summed E-state index contributed by atoms with van der Waals surface area (Å²) in [5, 5.41) is 28.3. The highest BCUT2D eigenvalue weighted by Gasteiger charge is 2.31. The fourth-order valence-electron chi connectivity index (χ4n) is 3.93. The van der Waals surface area contributed by atoms with E-state index in [1.807, 2.05) is 0 Å². The number of amides is 4. The molecule has 0 aromatic heterocycles. The second-order valence-electron chi connectivity index (χ2n) is 9.93. The van der Waals surface area contributed by atoms with Crippen molar-refractivity contribution < 1.29 is 39.0 Å². The Labute approximate surface area is 254 Å². The van der Waals surface area contributed by atoms with Crippen molar-refractivity contribution in [2.75, 3.05) is 19.6 Å². The molecule has 4 amide bonds. The Hall–Kier alpha value is -4.77. The lowest BCUT2D eigenvalue weighted by atomic mass is 10.0. The molecule has 0 aliphatic rings. The van der Waals surface area contributed by atoms with Gasteiger partial charge in [0.2, 0.25) is 23.6 Å². The molecule has 44 heavy (non-hydrogen) atoms. The quantitative estimate of drug-likeness (QED) is 0.0370. The first-order valence-corrected chi connectivity index (χ1v) is 14.0. The van der Waals surface area contributed by atoms with E-state index in [1.165, 1.54) is 0 Å². The number of hydrogen-bond acceptors (Lipinski definition) is 9. The fraction of sp³-hybridized carbons (Fsp3) is 0.519. The molecule has 17 nitrogen and oxygen atoms in total. The molecule has 1 aromatic carbocycles. The molecule has 0 saturated carbocycles. The third-order valence-electron chi connectivity index (χ3n) is 6.24. The maximum atomic E-state index is 13.2. The average molecular weight is 622 g/mol. The highest BCUT2D eigenvalue weighted by Crippen LogP contribution is 2.07. The fourth-order valence-corrected chi connectivity index (χ4v) is 3.93. The van der Waals surface area contributed by atoms with Gasteiger partial charge in [-0.1, -0.05) is 30.3 Å². The van der Waals surface area contributed by atoms with Crippen molar-refractivity contribution in [1.29, 1.82) is 0 Å². The summed E-state index contributed by atoms with van der Waals surface area (Å²) in [6.45, 7) is -0.00792. The Morgan fingerprint density at radius 3 is 2.02 bits per heavy atom. The maximum absolute atomic E-state index is 13.2. The normalized spacial score (nSPS) is 13.3. The first-order chi connectivity index (χ1) is 20.8. The zero-order valence-electron chi connectivity index (χ0n) is 24.4. The molecule has 17 heteroatoms. The van der Waals surface area contributed by atoms with E-state index in [0.29, 0.717) is 31.4 Å². The second kappa shape index (κ2) is 20.2. The molecule has 0 radical (unpaired) electrons. The molecular weight excluding hydrogens is 578 g/mol. The molecule has 0 aliphatic heterocycles. The number of nitrogens with two attached hydrogens (primary N) is 4. The monoisotopic (exact) mass is 621 g/mol. The van der Waals surface area contributed by atoms with Crippen LogP contribution in [0.3, 0.4) is 0 Å². The molecule has 0 unspecified atom stereocenters. The van der Waals surface area contributed by atoms with Gasteiger partial charge in [0.15, 0.2) is 5.96 Å². The van der Waals surface area contributed by atoms with E-state index in [0.717, 1.165) is 0 Å². The summed E-state index contributed by atoms with van der Waals surface area (Å²) in [6, 6.07) is 3.36. The Morgan fingerprint density at radius 2 is 1.43 bits per heavy atom. The molecule has 4 atom stereocenters. The summed E-state index contributed by atoms with van der Waals surface area (Å²) in [4.78, 5) is 78.0. The van der Waals surface area contributed by atoms with Gasteiger partial charge in [0.05, 0.1) is 19.0 Å². The van der Waals surface area contributed by atoms with Crippen molar-refractivity contribution in [3.8, 4) is 0 Å². The maximum Gasteiger partial charge on any atom is 0.326 e. The zero-order valence-corrected chi connectivity index (χ0v) is 24.4. The molecule has 0 aliphatic carbocycles. The highest BCUT2D eigenvalue weighted by molar-refractivity contribution is 5.96. The predicted octanol–water partition coefficient (Wildman–Crippen LogP) is -3.13. The molecule has 1 rings (SSSR count). The van der Waals surface area contributed by atoms with Crippen LogP contribution in [-0.4, -0.2) is 95.5 Å². The van der Waals surface area contributed by atoms with Gasteiger partial charge >= 0.3 is 11.9 Å². The topological polar surface area (TPSA) is 307 Å². The number of guanidine groups is 1. The SMILES string of the molecule is NCCCC[C@H](NC(=O)[C@@H](Cc1ccccc1)NC(=O)[C@H](CC(=O)O)NC(=O)CNC(=O)[C@@H](N)CCCN=C(N)N)C(=O)O. The minimum atomic E-state index is -1.63. The van der Waals surface area contributed by atoms with E-state index < -0.39 is 72.7 Å². The van der Waals surface area contributed by atoms with Crippen molar-refractivity contribution in [1.82, 2.24) is 21.3 Å². The molecule has 0 heterocycles. The number of nitrogens with one attached hydrogen (secondary N) is 4. The lowest BCUT2D eigenvalue weighted by Gasteiger charge is -2.24. The van der Waals surface area contributed by atoms with Gasteiger partial charge in [0.25, 0.3) is 0 Å². The van der Waals surface area contributed by atoms with Crippen LogP contribution in [0.25, 0.3) is 0 Å². The van der Waals surface area contributed by atoms with Gasteiger partial charge in [-0.25, -0.2) is 4.79 Å². The van der Waals surface area contributed by atoms with Gasteiger partial charge in [-0.2, -0.15) is 0 Å². The van der Waals surface area contributed by atoms with E-state index in [4.69, 9.17) is 22.9 Å². The average Bonchev–Trinajstić information content (AvgIpc) is 2.96. The highest BCUT2D eigenvalue weighted by atomic mass is 16.4. The van der Waals surface area contributed by atoms with Crippen LogP contribution in [0, 0.1) is 0 Å². The predicted molar refractivity (Wildman–Crippen MR) is 160 cm³/mol. The van der Waals surface area contributed by atoms with E-state index in [1.54, 1.807) is 30.3 Å². The number of hydrogen-bond donors (Lipinski definition) is 10. The number of unbranched alkanes of at least 4 members (excludes halogenated alkanes) is 1. The van der Waals surface area contributed by atoms with Crippen LogP contribution < -0.4 is 44.2 Å². The van der Waals surface area contributed by atoms with Crippen molar-refractivity contribution >= 4 is 41.5 Å². The van der Waals surface area contributed by atoms with Crippen LogP contribution in [0.4, 0.5) is 0 Å². The van der Waals surface area contributed by atoms with Crippen LogP contribution in [0.15, 0.2) is 35.3 Å². The lowest BCUT2D eigenvalue weighted by Crippen LogP contribution is -2.57. The van der Waals surface area contributed by atoms with Crippen molar-refractivity contribution in [3.05, 3.63) is 35.9 Å². The van der Waals surface area contributed by atoms with Crippen molar-refractivity contribution in [2.45, 2.75) is 69.1 Å². The number of aliphatic carboxylic acids is 2. The summed E-state index contributed by atoms with van der Waals surface area (Å²) in [5.41, 5.74) is 22.3. The molecule has 0 fully saturated rings. The van der Waals surface area contributed by atoms with Crippen LogP contribution in [0.1, 0.15) is 44.1 Å². The van der Waals surface area contributed by atoms with E-state index in [2.05, 4.69) is 26.3 Å². The summed E-state index contributed by atoms with van der Waals surface area (Å²) in [7, 11) is 0. The second-order valence-corrected chi connectivity index (χ2v) is 9.93. The number of carboxylic acids is 2. The van der Waals surface area contributed by atoms with Crippen LogP contribution in [0.2, 0.25) is 0 Å². The molecule has 0 bridgehead atoms.